The van der Waals surface area contributed by atoms with Gasteiger partial charge in [0, 0.05) is 16.0 Å². The number of nitrogens with zero attached hydrogens (tertiary/aromatic N) is 2. The quantitative estimate of drug-likeness (QED) is 0.138. The van der Waals surface area contributed by atoms with Gasteiger partial charge in [-0.25, -0.2) is 4.39 Å². The molecule has 0 radical (unpaired) electrons. The molecule has 4 aromatic rings. The third-order valence-corrected chi connectivity index (χ3v) is 11.9. The smallest absolute Gasteiger partial charge is 0.260 e. The molecule has 4 aliphatic rings. The molecule has 2 N–H and O–H groups in total. The number of carbonyl (C=O) groups is 4. The predicted octanol–water partition coefficient (Wildman–Crippen LogP) is 7.59. The second kappa shape index (κ2) is 13.9. The maximum Gasteiger partial charge on any atom is 0.260 e. The van der Waals surface area contributed by atoms with Crippen LogP contribution in [-0.4, -0.2) is 48.0 Å². The minimum atomic E-state index is -1.55. The summed E-state index contributed by atoms with van der Waals surface area (Å²) in [5, 5.41) is 12.5. The van der Waals surface area contributed by atoms with Gasteiger partial charge in [0.25, 0.3) is 11.8 Å². The molecule has 6 unspecified atom stereocenters. The molecule has 8 rings (SSSR count). The van der Waals surface area contributed by atoms with E-state index in [1.165, 1.54) is 43.4 Å². The van der Waals surface area contributed by atoms with Crippen LogP contribution in [0.25, 0.3) is 6.08 Å². The van der Waals surface area contributed by atoms with Crippen molar-refractivity contribution in [3.8, 4) is 17.2 Å². The van der Waals surface area contributed by atoms with Crippen molar-refractivity contribution in [2.75, 3.05) is 24.5 Å². The fourth-order valence-electron chi connectivity index (χ4n) is 8.96. The highest BCUT2D eigenvalue weighted by atomic mass is 35.5. The highest BCUT2D eigenvalue weighted by Gasteiger charge is 2.69. The number of methoxy groups -OCH3 is 2. The number of carbonyl (C=O) groups excluding carboxylic acids is 4. The SMILES string of the molecule is COc1cc(C=CC2C3=CCC4C(=O)N(c5ccc(Cl)cc5)C(=O)C4C3CC3C(=O)N(Nc4ccc(F)cc4)C(=O)C23c2ccc(Cl)cc2)cc(OC)c1O. The lowest BCUT2D eigenvalue weighted by atomic mass is 9.50. The molecule has 2 aliphatic heterocycles. The molecule has 0 aromatic heterocycles. The Morgan fingerprint density at radius 3 is 2.07 bits per heavy atom. The van der Waals surface area contributed by atoms with E-state index < -0.39 is 52.6 Å². The van der Waals surface area contributed by atoms with Crippen molar-refractivity contribution in [1.82, 2.24) is 5.01 Å². The van der Waals surface area contributed by atoms with Crippen molar-refractivity contribution in [2.24, 2.45) is 29.6 Å². The second-order valence-electron chi connectivity index (χ2n) is 14.0. The van der Waals surface area contributed by atoms with Crippen LogP contribution < -0.4 is 19.8 Å². The number of fused-ring (bicyclic) bond motifs is 4. The van der Waals surface area contributed by atoms with E-state index in [-0.39, 0.29) is 41.9 Å². The van der Waals surface area contributed by atoms with Crippen LogP contribution in [-0.2, 0) is 24.6 Å². The molecule has 1 saturated carbocycles. The van der Waals surface area contributed by atoms with Gasteiger partial charge in [0.2, 0.25) is 17.6 Å². The molecule has 2 saturated heterocycles. The lowest BCUT2D eigenvalue weighted by molar-refractivity contribution is -0.139. The summed E-state index contributed by atoms with van der Waals surface area (Å²) in [6.07, 6.45) is 5.85. The first-order chi connectivity index (χ1) is 26.5. The maximum atomic E-state index is 15.2. The molecule has 4 aromatic carbocycles. The number of amides is 4. The van der Waals surface area contributed by atoms with Gasteiger partial charge in [0.1, 0.15) is 5.82 Å². The number of phenols is 1. The number of rotatable bonds is 8. The van der Waals surface area contributed by atoms with Gasteiger partial charge in [0.15, 0.2) is 11.5 Å². The van der Waals surface area contributed by atoms with E-state index in [2.05, 4.69) is 5.43 Å². The van der Waals surface area contributed by atoms with Gasteiger partial charge >= 0.3 is 0 Å². The summed E-state index contributed by atoms with van der Waals surface area (Å²) in [6, 6.07) is 21.8. The normalized spacial score (nSPS) is 25.8. The van der Waals surface area contributed by atoms with Crippen molar-refractivity contribution in [3.05, 3.63) is 130 Å². The number of phenolic OH excluding ortho intramolecular Hbond substituents is 1. The lowest BCUT2D eigenvalue weighted by Crippen LogP contribution is -2.54. The van der Waals surface area contributed by atoms with Gasteiger partial charge < -0.3 is 14.6 Å². The van der Waals surface area contributed by atoms with Crippen molar-refractivity contribution < 1.29 is 38.1 Å². The van der Waals surface area contributed by atoms with Crippen LogP contribution in [0.1, 0.15) is 24.0 Å². The first-order valence-electron chi connectivity index (χ1n) is 17.6. The zero-order valence-corrected chi connectivity index (χ0v) is 31.1. The molecule has 2 heterocycles. The van der Waals surface area contributed by atoms with Gasteiger partial charge in [-0.05, 0) is 103 Å². The molecule has 6 atom stereocenters. The first-order valence-corrected chi connectivity index (χ1v) is 18.4. The standard InChI is InChI=1S/C42H34Cl2FN3O7/c1-54-34-19-22(20-35(55-2)37(34)49)3-18-32-29-16-17-30-36(40(52)47(38(30)50)28-14-8-25(44)9-15-28)31(29)21-33-39(51)48(46-27-12-10-26(45)11-13-27)41(53)42(32,33)23-4-6-24(43)7-5-23/h3-16,18-20,30-33,36,46,49H,17,21H2,1-2H3. The molecule has 280 valence electrons. The Labute approximate surface area is 325 Å². The number of hydrogen-bond acceptors (Lipinski definition) is 8. The Hall–Kier alpha value is -5.65. The number of imide groups is 2. The number of ether oxygens (including phenoxy) is 2. The van der Waals surface area contributed by atoms with Crippen LogP contribution in [0.5, 0.6) is 17.2 Å². The fraction of sp³-hybridized carbons (Fsp3) is 0.238. The number of allylic oxidation sites excluding steroid dienone is 3. The topological polar surface area (TPSA) is 125 Å². The van der Waals surface area contributed by atoms with Crippen LogP contribution in [0, 0.1) is 35.4 Å². The molecule has 13 heteroatoms. The molecule has 2 aliphatic carbocycles. The van der Waals surface area contributed by atoms with Gasteiger partial charge in [-0.15, -0.1) is 0 Å². The predicted molar refractivity (Wildman–Crippen MR) is 204 cm³/mol. The summed E-state index contributed by atoms with van der Waals surface area (Å²) >= 11 is 12.5. The Balaban J connectivity index is 1.31. The summed E-state index contributed by atoms with van der Waals surface area (Å²) in [6.45, 7) is 0. The van der Waals surface area contributed by atoms with Crippen LogP contribution in [0.4, 0.5) is 15.8 Å². The average molecular weight is 783 g/mol. The van der Waals surface area contributed by atoms with Gasteiger partial charge in [-0.2, -0.15) is 5.01 Å². The van der Waals surface area contributed by atoms with Crippen LogP contribution in [0.3, 0.4) is 0 Å². The van der Waals surface area contributed by atoms with Crippen LogP contribution >= 0.6 is 23.2 Å². The summed E-state index contributed by atoms with van der Waals surface area (Å²) < 4.78 is 24.7. The number of halogens is 3. The van der Waals surface area contributed by atoms with Crippen molar-refractivity contribution >= 4 is 64.3 Å². The largest absolute Gasteiger partial charge is 0.502 e. The van der Waals surface area contributed by atoms with Gasteiger partial charge in [-0.3, -0.25) is 29.5 Å². The summed E-state index contributed by atoms with van der Waals surface area (Å²) in [5.41, 5.74) is 3.93. The maximum absolute atomic E-state index is 15.2. The molecule has 4 amide bonds. The molecule has 3 fully saturated rings. The number of aromatic hydroxyl groups is 1. The van der Waals surface area contributed by atoms with E-state index >= 15 is 4.79 Å². The minimum absolute atomic E-state index is 0.0838. The Kier molecular flexibility index (Phi) is 9.17. The van der Waals surface area contributed by atoms with E-state index in [4.69, 9.17) is 32.7 Å². The number of nitrogens with one attached hydrogen (secondary N) is 1. The fourth-order valence-corrected chi connectivity index (χ4v) is 9.22. The van der Waals surface area contributed by atoms with E-state index in [9.17, 15) is 23.9 Å². The third kappa shape index (κ3) is 5.75. The first kappa shape index (κ1) is 36.3. The van der Waals surface area contributed by atoms with E-state index in [0.29, 0.717) is 32.5 Å². The van der Waals surface area contributed by atoms with Gasteiger partial charge in [0.05, 0.1) is 48.8 Å². The van der Waals surface area contributed by atoms with Crippen LogP contribution in [0.2, 0.25) is 10.0 Å². The molecular weight excluding hydrogens is 748 g/mol. The molecule has 10 nitrogen and oxygen atoms in total. The number of benzene rings is 4. The zero-order chi connectivity index (χ0) is 38.8. The summed E-state index contributed by atoms with van der Waals surface area (Å²) in [7, 11) is 2.83. The average Bonchev–Trinajstić information content (AvgIpc) is 3.56. The Bertz CT molecular complexity index is 2270. The Morgan fingerprint density at radius 2 is 1.45 bits per heavy atom. The van der Waals surface area contributed by atoms with Gasteiger partial charge in [-0.1, -0.05) is 59.1 Å². The number of anilines is 2. The zero-order valence-electron chi connectivity index (χ0n) is 29.5. The van der Waals surface area contributed by atoms with Crippen molar-refractivity contribution in [2.45, 2.75) is 18.3 Å². The highest BCUT2D eigenvalue weighted by Crippen LogP contribution is 2.62. The van der Waals surface area contributed by atoms with E-state index in [0.717, 1.165) is 10.6 Å². The highest BCUT2D eigenvalue weighted by molar-refractivity contribution is 6.31. The second-order valence-corrected chi connectivity index (χ2v) is 14.9. The monoisotopic (exact) mass is 781 g/mol. The summed E-state index contributed by atoms with van der Waals surface area (Å²) in [5.74, 6) is -6.11. The summed E-state index contributed by atoms with van der Waals surface area (Å²) in [4.78, 5) is 59.7. The van der Waals surface area contributed by atoms with Crippen molar-refractivity contribution in [3.63, 3.8) is 0 Å². The molecule has 0 spiro atoms. The number of hydrogen-bond donors (Lipinski definition) is 2. The molecule has 0 bridgehead atoms. The molecular formula is C42H34Cl2FN3O7. The van der Waals surface area contributed by atoms with E-state index in [1.54, 1.807) is 66.7 Å². The number of hydrazine groups is 1. The third-order valence-electron chi connectivity index (χ3n) is 11.4. The van der Waals surface area contributed by atoms with Crippen molar-refractivity contribution in [1.29, 1.82) is 0 Å². The molecule has 55 heavy (non-hydrogen) atoms. The lowest BCUT2D eigenvalue weighted by Gasteiger charge is -2.49. The Morgan fingerprint density at radius 1 is 0.836 bits per heavy atom. The minimum Gasteiger partial charge on any atom is -0.502 e. The van der Waals surface area contributed by atoms with Crippen LogP contribution in [0.15, 0.2) is 103 Å². The van der Waals surface area contributed by atoms with E-state index in [1.807, 2.05) is 12.2 Å².